The molecule has 0 spiro atoms. The van der Waals surface area contributed by atoms with Gasteiger partial charge in [0.25, 0.3) is 0 Å². The Labute approximate surface area is 126 Å². The fourth-order valence-electron chi connectivity index (χ4n) is 2.06. The number of hydrogen-bond donors (Lipinski definition) is 1. The van der Waals surface area contributed by atoms with Crippen LogP contribution in [0.2, 0.25) is 0 Å². The average molecular weight is 353 g/mol. The van der Waals surface area contributed by atoms with Crippen molar-refractivity contribution in [3.8, 4) is 0 Å². The minimum Gasteiger partial charge on any atom is -0.362 e. The van der Waals surface area contributed by atoms with Gasteiger partial charge in [-0.2, -0.15) is 13.2 Å². The molecule has 114 valence electrons. The van der Waals surface area contributed by atoms with Crippen molar-refractivity contribution in [2.24, 2.45) is 0 Å². The summed E-state index contributed by atoms with van der Waals surface area (Å²) in [7, 11) is 0. The molecule has 1 N–H and O–H groups in total. The van der Waals surface area contributed by atoms with Crippen LogP contribution in [0, 0.1) is 0 Å². The largest absolute Gasteiger partial charge is 0.405 e. The number of alkyl halides is 3. The van der Waals surface area contributed by atoms with Gasteiger partial charge < -0.3 is 10.2 Å². The second-order valence-electron chi connectivity index (χ2n) is 4.62. The van der Waals surface area contributed by atoms with Gasteiger partial charge in [-0.1, -0.05) is 13.0 Å². The van der Waals surface area contributed by atoms with E-state index >= 15 is 0 Å². The van der Waals surface area contributed by atoms with Crippen LogP contribution in [0.5, 0.6) is 0 Å². The summed E-state index contributed by atoms with van der Waals surface area (Å²) >= 11 is 3.38. The maximum absolute atomic E-state index is 12.6. The van der Waals surface area contributed by atoms with Gasteiger partial charge in [0, 0.05) is 17.1 Å². The minimum atomic E-state index is -4.20. The molecule has 0 radical (unpaired) electrons. The lowest BCUT2D eigenvalue weighted by Gasteiger charge is -2.26. The van der Waals surface area contributed by atoms with Crippen molar-refractivity contribution in [3.05, 3.63) is 28.2 Å². The van der Waals surface area contributed by atoms with Crippen LogP contribution in [-0.2, 0) is 0 Å². The van der Waals surface area contributed by atoms with E-state index in [1.54, 1.807) is 13.0 Å². The van der Waals surface area contributed by atoms with Crippen LogP contribution >= 0.6 is 15.9 Å². The minimum absolute atomic E-state index is 0.169. The Bertz CT molecular complexity index is 435. The Morgan fingerprint density at radius 2 is 1.95 bits per heavy atom. The van der Waals surface area contributed by atoms with Crippen molar-refractivity contribution >= 4 is 21.6 Å². The molecule has 1 unspecified atom stereocenters. The van der Waals surface area contributed by atoms with Crippen LogP contribution in [0.1, 0.15) is 32.4 Å². The average Bonchev–Trinajstić information content (AvgIpc) is 2.35. The summed E-state index contributed by atoms with van der Waals surface area (Å²) in [6.07, 6.45) is -4.20. The van der Waals surface area contributed by atoms with Crippen LogP contribution in [0.15, 0.2) is 22.7 Å². The lowest BCUT2D eigenvalue weighted by molar-refractivity contribution is -0.119. The van der Waals surface area contributed by atoms with Crippen LogP contribution in [0.25, 0.3) is 0 Å². The highest BCUT2D eigenvalue weighted by Gasteiger charge is 2.31. The van der Waals surface area contributed by atoms with Gasteiger partial charge in [0.1, 0.15) is 6.54 Å². The van der Waals surface area contributed by atoms with Crippen LogP contribution in [-0.4, -0.2) is 25.8 Å². The standard InChI is InChI=1S/C14H20BrF3N2/c1-4-19-10(3)11-6-7-13(12(15)8-11)20(5-2)9-14(16,17)18/h6-8,10,19H,4-5,9H2,1-3H3. The quantitative estimate of drug-likeness (QED) is 0.810. The first-order chi connectivity index (χ1) is 9.28. The molecule has 0 saturated carbocycles. The molecule has 6 heteroatoms. The highest BCUT2D eigenvalue weighted by Crippen LogP contribution is 2.31. The van der Waals surface area contributed by atoms with Crippen molar-refractivity contribution < 1.29 is 13.2 Å². The Kier molecular flexibility index (Phi) is 6.33. The van der Waals surface area contributed by atoms with Crippen molar-refractivity contribution in [1.82, 2.24) is 5.32 Å². The van der Waals surface area contributed by atoms with Gasteiger partial charge in [0.05, 0.1) is 5.69 Å². The first-order valence-electron chi connectivity index (χ1n) is 6.63. The van der Waals surface area contributed by atoms with Crippen molar-refractivity contribution in [3.63, 3.8) is 0 Å². The first kappa shape index (κ1) is 17.3. The van der Waals surface area contributed by atoms with Crippen molar-refractivity contribution in [1.29, 1.82) is 0 Å². The van der Waals surface area contributed by atoms with Gasteiger partial charge in [-0.05, 0) is 54.0 Å². The summed E-state index contributed by atoms with van der Waals surface area (Å²) in [5.41, 5.74) is 1.61. The lowest BCUT2D eigenvalue weighted by atomic mass is 10.1. The summed E-state index contributed by atoms with van der Waals surface area (Å²) in [5.74, 6) is 0. The normalized spacial score (nSPS) is 13.3. The van der Waals surface area contributed by atoms with E-state index in [-0.39, 0.29) is 6.04 Å². The fraction of sp³-hybridized carbons (Fsp3) is 0.571. The van der Waals surface area contributed by atoms with Gasteiger partial charge in [0.2, 0.25) is 0 Å². The molecule has 0 aliphatic carbocycles. The summed E-state index contributed by atoms with van der Waals surface area (Å²) < 4.78 is 38.3. The summed E-state index contributed by atoms with van der Waals surface area (Å²) in [4.78, 5) is 1.31. The molecule has 1 aromatic carbocycles. The first-order valence-corrected chi connectivity index (χ1v) is 7.42. The maximum Gasteiger partial charge on any atom is 0.405 e. The fourth-order valence-corrected chi connectivity index (χ4v) is 2.70. The van der Waals surface area contributed by atoms with E-state index in [2.05, 4.69) is 21.2 Å². The molecule has 0 bridgehead atoms. The molecule has 0 amide bonds. The van der Waals surface area contributed by atoms with Crippen LogP contribution in [0.4, 0.5) is 18.9 Å². The lowest BCUT2D eigenvalue weighted by Crippen LogP contribution is -2.34. The van der Waals surface area contributed by atoms with Gasteiger partial charge in [-0.3, -0.25) is 0 Å². The molecule has 0 fully saturated rings. The molecule has 0 aromatic heterocycles. The van der Waals surface area contributed by atoms with Gasteiger partial charge in [-0.25, -0.2) is 0 Å². The topological polar surface area (TPSA) is 15.3 Å². The summed E-state index contributed by atoms with van der Waals surface area (Å²) in [6, 6.07) is 5.65. The van der Waals surface area contributed by atoms with E-state index in [4.69, 9.17) is 0 Å². The number of benzene rings is 1. The van der Waals surface area contributed by atoms with Crippen molar-refractivity contribution in [2.75, 3.05) is 24.5 Å². The van der Waals surface area contributed by atoms with Gasteiger partial charge >= 0.3 is 6.18 Å². The predicted octanol–water partition coefficient (Wildman–Crippen LogP) is 4.51. The van der Waals surface area contributed by atoms with E-state index in [0.717, 1.165) is 12.1 Å². The highest BCUT2D eigenvalue weighted by molar-refractivity contribution is 9.10. The van der Waals surface area contributed by atoms with Gasteiger partial charge in [0.15, 0.2) is 0 Å². The number of rotatable bonds is 6. The van der Waals surface area contributed by atoms with E-state index in [9.17, 15) is 13.2 Å². The van der Waals surface area contributed by atoms with E-state index < -0.39 is 12.7 Å². The van der Waals surface area contributed by atoms with Crippen LogP contribution in [0.3, 0.4) is 0 Å². The number of nitrogens with zero attached hydrogens (tertiary/aromatic N) is 1. The molecule has 1 aromatic rings. The molecule has 20 heavy (non-hydrogen) atoms. The number of nitrogens with one attached hydrogen (secondary N) is 1. The second-order valence-corrected chi connectivity index (χ2v) is 5.47. The third-order valence-corrected chi connectivity index (χ3v) is 3.71. The Morgan fingerprint density at radius 1 is 1.30 bits per heavy atom. The Balaban J connectivity index is 2.96. The highest BCUT2D eigenvalue weighted by atomic mass is 79.9. The van der Waals surface area contributed by atoms with E-state index in [0.29, 0.717) is 16.7 Å². The summed E-state index contributed by atoms with van der Waals surface area (Å²) in [5, 5.41) is 3.28. The SMILES string of the molecule is CCNC(C)c1ccc(N(CC)CC(F)(F)F)c(Br)c1. The molecule has 1 atom stereocenters. The monoisotopic (exact) mass is 352 g/mol. The zero-order valence-electron chi connectivity index (χ0n) is 11.9. The van der Waals surface area contributed by atoms with Crippen molar-refractivity contribution in [2.45, 2.75) is 33.0 Å². The molecule has 0 aliphatic heterocycles. The number of anilines is 1. The predicted molar refractivity (Wildman–Crippen MR) is 80.2 cm³/mol. The number of hydrogen-bond acceptors (Lipinski definition) is 2. The maximum atomic E-state index is 12.6. The zero-order chi connectivity index (χ0) is 15.3. The molecule has 0 heterocycles. The third-order valence-electron chi connectivity index (χ3n) is 3.07. The van der Waals surface area contributed by atoms with E-state index in [1.165, 1.54) is 4.90 Å². The Morgan fingerprint density at radius 3 is 2.40 bits per heavy atom. The Hall–Kier alpha value is -0.750. The smallest absolute Gasteiger partial charge is 0.362 e. The second kappa shape index (κ2) is 7.31. The van der Waals surface area contributed by atoms with Crippen LogP contribution < -0.4 is 10.2 Å². The molecule has 0 saturated heterocycles. The summed E-state index contributed by atoms with van der Waals surface area (Å²) in [6.45, 7) is 5.97. The molecule has 1 rings (SSSR count). The van der Waals surface area contributed by atoms with E-state index in [1.807, 2.05) is 26.0 Å². The molecule has 0 aliphatic rings. The molecular formula is C14H20BrF3N2. The molecule has 2 nitrogen and oxygen atoms in total. The third kappa shape index (κ3) is 4.98. The number of halogens is 4. The zero-order valence-corrected chi connectivity index (χ0v) is 13.5. The van der Waals surface area contributed by atoms with Gasteiger partial charge in [-0.15, -0.1) is 0 Å². The molecular weight excluding hydrogens is 333 g/mol.